The molecule has 0 unspecified atom stereocenters. The Balaban J connectivity index is 1.91. The molecule has 1 N–H and O–H groups in total. The van der Waals surface area contributed by atoms with Gasteiger partial charge in [0.05, 0.1) is 4.92 Å². The van der Waals surface area contributed by atoms with Crippen LogP contribution in [0.25, 0.3) is 0 Å². The Bertz CT molecular complexity index is 771. The Labute approximate surface area is 152 Å². The van der Waals surface area contributed by atoms with E-state index in [2.05, 4.69) is 24.1 Å². The highest BCUT2D eigenvalue weighted by Gasteiger charge is 2.11. The van der Waals surface area contributed by atoms with E-state index in [1.165, 1.54) is 12.1 Å². The van der Waals surface area contributed by atoms with E-state index in [0.29, 0.717) is 17.0 Å². The van der Waals surface area contributed by atoms with Gasteiger partial charge in [0.25, 0.3) is 11.6 Å². The molecule has 26 heavy (non-hydrogen) atoms. The number of ether oxygens (including phenoxy) is 1. The highest BCUT2D eigenvalue weighted by atomic mass is 16.6. The molecule has 1 amide bonds. The predicted octanol–water partition coefficient (Wildman–Crippen LogP) is 3.77. The number of nitrogens with zero attached hydrogens (tertiary/aromatic N) is 2. The lowest BCUT2D eigenvalue weighted by molar-refractivity contribution is -0.385. The summed E-state index contributed by atoms with van der Waals surface area (Å²) in [7, 11) is 0. The van der Waals surface area contributed by atoms with Crippen LogP contribution >= 0.6 is 0 Å². The number of nitro benzene ring substituents is 1. The molecule has 7 nitrogen and oxygen atoms in total. The van der Waals surface area contributed by atoms with Gasteiger partial charge in [-0.3, -0.25) is 14.9 Å². The summed E-state index contributed by atoms with van der Waals surface area (Å²) in [6, 6.07) is 12.0. The summed E-state index contributed by atoms with van der Waals surface area (Å²) >= 11 is 0. The first-order valence-electron chi connectivity index (χ1n) is 8.47. The molecule has 0 radical (unpaired) electrons. The van der Waals surface area contributed by atoms with Gasteiger partial charge in [-0.15, -0.1) is 0 Å². The largest absolute Gasteiger partial charge is 0.484 e. The van der Waals surface area contributed by atoms with Gasteiger partial charge in [0.2, 0.25) is 0 Å². The van der Waals surface area contributed by atoms with Crippen LogP contribution in [0.5, 0.6) is 5.75 Å². The molecule has 138 valence electrons. The normalized spacial score (nSPS) is 10.3. The first-order valence-corrected chi connectivity index (χ1v) is 8.47. The minimum atomic E-state index is -0.451. The van der Waals surface area contributed by atoms with E-state index in [4.69, 9.17) is 4.74 Å². The third-order valence-electron chi connectivity index (χ3n) is 4.01. The molecule has 0 saturated carbocycles. The van der Waals surface area contributed by atoms with Gasteiger partial charge in [0.1, 0.15) is 5.75 Å². The smallest absolute Gasteiger partial charge is 0.272 e. The molecule has 0 spiro atoms. The first kappa shape index (κ1) is 19.2. The number of amides is 1. The number of nitro groups is 1. The van der Waals surface area contributed by atoms with Crippen LogP contribution in [0.2, 0.25) is 0 Å². The van der Waals surface area contributed by atoms with Crippen LogP contribution in [0.3, 0.4) is 0 Å². The summed E-state index contributed by atoms with van der Waals surface area (Å²) in [4.78, 5) is 24.6. The second kappa shape index (κ2) is 8.84. The molecule has 0 bridgehead atoms. The summed E-state index contributed by atoms with van der Waals surface area (Å²) < 4.78 is 5.41. The average Bonchev–Trinajstić information content (AvgIpc) is 2.62. The van der Waals surface area contributed by atoms with Gasteiger partial charge in [0.15, 0.2) is 6.61 Å². The molecule has 2 aromatic carbocycles. The predicted molar refractivity (Wildman–Crippen MR) is 102 cm³/mol. The maximum absolute atomic E-state index is 12.0. The Morgan fingerprint density at radius 2 is 1.81 bits per heavy atom. The topological polar surface area (TPSA) is 84.7 Å². The molecule has 0 fully saturated rings. The zero-order valence-electron chi connectivity index (χ0n) is 15.2. The second-order valence-corrected chi connectivity index (χ2v) is 5.76. The maximum Gasteiger partial charge on any atom is 0.272 e. The quantitative estimate of drug-likeness (QED) is 0.574. The third kappa shape index (κ3) is 4.95. The van der Waals surface area contributed by atoms with Crippen LogP contribution in [0, 0.1) is 17.0 Å². The standard InChI is InChI=1S/C19H23N3O4/c1-4-21(5-2)16-8-6-15(7-9-16)20-19(23)13-26-17-10-11-18(22(24)25)14(3)12-17/h6-12H,4-5,13H2,1-3H3,(H,20,23). The van der Waals surface area contributed by atoms with Gasteiger partial charge >= 0.3 is 0 Å². The number of rotatable bonds is 8. The van der Waals surface area contributed by atoms with Gasteiger partial charge in [0, 0.05) is 36.1 Å². The van der Waals surface area contributed by atoms with Crippen LogP contribution < -0.4 is 15.0 Å². The molecular weight excluding hydrogens is 334 g/mol. The summed E-state index contributed by atoms with van der Waals surface area (Å²) in [6.07, 6.45) is 0. The van der Waals surface area contributed by atoms with E-state index in [1.807, 2.05) is 24.3 Å². The van der Waals surface area contributed by atoms with Crippen molar-refractivity contribution in [3.05, 3.63) is 58.1 Å². The van der Waals surface area contributed by atoms with Crippen LogP contribution in [0.1, 0.15) is 19.4 Å². The maximum atomic E-state index is 12.0. The van der Waals surface area contributed by atoms with Gasteiger partial charge in [-0.1, -0.05) is 0 Å². The fourth-order valence-corrected chi connectivity index (χ4v) is 2.61. The lowest BCUT2D eigenvalue weighted by Crippen LogP contribution is -2.22. The van der Waals surface area contributed by atoms with Crippen molar-refractivity contribution in [2.24, 2.45) is 0 Å². The Hall–Kier alpha value is -3.09. The van der Waals surface area contributed by atoms with E-state index in [9.17, 15) is 14.9 Å². The van der Waals surface area contributed by atoms with Crippen molar-refractivity contribution < 1.29 is 14.5 Å². The number of carbonyl (C=O) groups is 1. The van der Waals surface area contributed by atoms with Crippen molar-refractivity contribution in [1.82, 2.24) is 0 Å². The molecule has 7 heteroatoms. The van der Waals surface area contributed by atoms with Crippen LogP contribution in [-0.4, -0.2) is 30.5 Å². The summed E-state index contributed by atoms with van der Waals surface area (Å²) in [5.74, 6) is 0.122. The van der Waals surface area contributed by atoms with Crippen LogP contribution in [-0.2, 0) is 4.79 Å². The SMILES string of the molecule is CCN(CC)c1ccc(NC(=O)COc2ccc([N+](=O)[O-])c(C)c2)cc1. The average molecular weight is 357 g/mol. The van der Waals surface area contributed by atoms with Crippen molar-refractivity contribution in [2.75, 3.05) is 29.9 Å². The lowest BCUT2D eigenvalue weighted by atomic mass is 10.2. The summed E-state index contributed by atoms with van der Waals surface area (Å²) in [6.45, 7) is 7.49. The van der Waals surface area contributed by atoms with Gasteiger partial charge in [-0.2, -0.15) is 0 Å². The molecule has 2 rings (SSSR count). The number of aryl methyl sites for hydroxylation is 1. The fourth-order valence-electron chi connectivity index (χ4n) is 2.61. The Morgan fingerprint density at radius 3 is 2.35 bits per heavy atom. The van der Waals surface area contributed by atoms with E-state index >= 15 is 0 Å². The Morgan fingerprint density at radius 1 is 1.15 bits per heavy atom. The number of nitrogens with one attached hydrogen (secondary N) is 1. The number of anilines is 2. The number of hydrogen-bond donors (Lipinski definition) is 1. The van der Waals surface area contributed by atoms with Crippen LogP contribution in [0.15, 0.2) is 42.5 Å². The molecule has 0 aliphatic carbocycles. The van der Waals surface area contributed by atoms with Gasteiger partial charge < -0.3 is 15.0 Å². The molecule has 0 aliphatic rings. The summed E-state index contributed by atoms with van der Waals surface area (Å²) in [5.41, 5.74) is 2.30. The van der Waals surface area contributed by atoms with Crippen molar-refractivity contribution >= 4 is 23.0 Å². The van der Waals surface area contributed by atoms with Crippen molar-refractivity contribution in [3.8, 4) is 5.75 Å². The highest BCUT2D eigenvalue weighted by Crippen LogP contribution is 2.23. The van der Waals surface area contributed by atoms with E-state index in [1.54, 1.807) is 13.0 Å². The third-order valence-corrected chi connectivity index (χ3v) is 4.01. The van der Waals surface area contributed by atoms with E-state index in [-0.39, 0.29) is 18.2 Å². The fraction of sp³-hybridized carbons (Fsp3) is 0.316. The monoisotopic (exact) mass is 357 g/mol. The highest BCUT2D eigenvalue weighted by molar-refractivity contribution is 5.92. The van der Waals surface area contributed by atoms with Gasteiger partial charge in [-0.05, 0) is 57.2 Å². The van der Waals surface area contributed by atoms with Crippen molar-refractivity contribution in [3.63, 3.8) is 0 Å². The number of carbonyl (C=O) groups excluding carboxylic acids is 1. The lowest BCUT2D eigenvalue weighted by Gasteiger charge is -2.21. The van der Waals surface area contributed by atoms with Crippen molar-refractivity contribution in [1.29, 1.82) is 0 Å². The molecule has 0 aliphatic heterocycles. The zero-order valence-corrected chi connectivity index (χ0v) is 15.2. The number of benzene rings is 2. The van der Waals surface area contributed by atoms with E-state index < -0.39 is 4.92 Å². The first-order chi connectivity index (χ1) is 12.4. The molecule has 0 atom stereocenters. The second-order valence-electron chi connectivity index (χ2n) is 5.76. The minimum absolute atomic E-state index is 0.0232. The Kier molecular flexibility index (Phi) is 6.54. The van der Waals surface area contributed by atoms with Gasteiger partial charge in [-0.25, -0.2) is 0 Å². The minimum Gasteiger partial charge on any atom is -0.484 e. The van der Waals surface area contributed by atoms with E-state index in [0.717, 1.165) is 18.8 Å². The number of hydrogen-bond acceptors (Lipinski definition) is 5. The molecule has 2 aromatic rings. The molecule has 0 aromatic heterocycles. The van der Waals surface area contributed by atoms with Crippen molar-refractivity contribution in [2.45, 2.75) is 20.8 Å². The molecule has 0 heterocycles. The van der Waals surface area contributed by atoms with Crippen LogP contribution in [0.4, 0.5) is 17.1 Å². The summed E-state index contributed by atoms with van der Waals surface area (Å²) in [5, 5.41) is 13.6. The zero-order chi connectivity index (χ0) is 19.1. The molecule has 0 saturated heterocycles. The molecular formula is C19H23N3O4.